The van der Waals surface area contributed by atoms with Crippen molar-refractivity contribution in [2.24, 2.45) is 0 Å². The summed E-state index contributed by atoms with van der Waals surface area (Å²) >= 11 is 9.02. The molecule has 1 heterocycles. The van der Waals surface area contributed by atoms with Crippen molar-refractivity contribution >= 4 is 39.1 Å². The number of nitrogens with one attached hydrogen (secondary N) is 1. The van der Waals surface area contributed by atoms with Crippen LogP contribution in [0.15, 0.2) is 34.9 Å². The number of hydrogen-bond acceptors (Lipinski definition) is 3. The summed E-state index contributed by atoms with van der Waals surface area (Å²) in [6.07, 6.45) is 1.48. The molecule has 0 spiro atoms. The van der Waals surface area contributed by atoms with E-state index in [1.807, 2.05) is 0 Å². The van der Waals surface area contributed by atoms with E-state index in [1.54, 1.807) is 6.07 Å². The summed E-state index contributed by atoms with van der Waals surface area (Å²) in [5.41, 5.74) is 0.224. The minimum Gasteiger partial charge on any atom is -0.507 e. The van der Waals surface area contributed by atoms with E-state index in [4.69, 9.17) is 11.6 Å². The van der Waals surface area contributed by atoms with Gasteiger partial charge in [-0.1, -0.05) is 11.6 Å². The molecule has 1 aromatic heterocycles. The molecule has 2 aromatic rings. The zero-order valence-electron chi connectivity index (χ0n) is 9.32. The van der Waals surface area contributed by atoms with Crippen LogP contribution in [0.1, 0.15) is 10.4 Å². The molecule has 1 amide bonds. The Kier molecular flexibility index (Phi) is 4.01. The number of nitrogens with zero attached hydrogens (tertiary/aromatic N) is 1. The number of carbonyl (C=O) groups excluding carboxylic acids is 1. The lowest BCUT2D eigenvalue weighted by atomic mass is 10.2. The van der Waals surface area contributed by atoms with E-state index in [9.17, 15) is 14.3 Å². The van der Waals surface area contributed by atoms with Crippen molar-refractivity contribution < 1.29 is 14.3 Å². The first-order chi connectivity index (χ1) is 8.97. The Labute approximate surface area is 121 Å². The number of pyridine rings is 1. The fourth-order valence-corrected chi connectivity index (χ4v) is 1.88. The van der Waals surface area contributed by atoms with Gasteiger partial charge in [-0.2, -0.15) is 0 Å². The number of halogens is 3. The van der Waals surface area contributed by atoms with Crippen LogP contribution in [0.5, 0.6) is 5.75 Å². The van der Waals surface area contributed by atoms with Gasteiger partial charge in [-0.3, -0.25) is 4.79 Å². The first kappa shape index (κ1) is 13.8. The molecule has 0 saturated carbocycles. The molecule has 2 rings (SSSR count). The largest absolute Gasteiger partial charge is 0.507 e. The van der Waals surface area contributed by atoms with Crippen molar-refractivity contribution in [1.82, 2.24) is 4.98 Å². The fourth-order valence-electron chi connectivity index (χ4n) is 1.40. The smallest absolute Gasteiger partial charge is 0.259 e. The number of benzene rings is 1. The molecule has 7 heteroatoms. The third-order valence-corrected chi connectivity index (χ3v) is 2.99. The molecule has 0 unspecified atom stereocenters. The number of rotatable bonds is 2. The van der Waals surface area contributed by atoms with E-state index in [0.717, 1.165) is 12.1 Å². The third kappa shape index (κ3) is 3.21. The molecule has 98 valence electrons. The number of phenols is 1. The quantitative estimate of drug-likeness (QED) is 0.818. The predicted molar refractivity (Wildman–Crippen MR) is 73.0 cm³/mol. The van der Waals surface area contributed by atoms with Gasteiger partial charge in [0.25, 0.3) is 5.91 Å². The second-order valence-electron chi connectivity index (χ2n) is 3.61. The highest BCUT2D eigenvalue weighted by Crippen LogP contribution is 2.25. The van der Waals surface area contributed by atoms with Crippen LogP contribution in [0, 0.1) is 5.82 Å². The minimum atomic E-state index is -0.629. The fraction of sp³-hybridized carbons (Fsp3) is 0. The highest BCUT2D eigenvalue weighted by molar-refractivity contribution is 9.10. The second kappa shape index (κ2) is 5.54. The summed E-state index contributed by atoms with van der Waals surface area (Å²) in [5, 5.41) is 12.1. The third-order valence-electron chi connectivity index (χ3n) is 2.26. The van der Waals surface area contributed by atoms with Crippen LogP contribution in [-0.2, 0) is 0 Å². The zero-order chi connectivity index (χ0) is 14.0. The topological polar surface area (TPSA) is 62.2 Å². The highest BCUT2D eigenvalue weighted by atomic mass is 79.9. The van der Waals surface area contributed by atoms with E-state index in [1.165, 1.54) is 12.3 Å². The monoisotopic (exact) mass is 344 g/mol. The summed E-state index contributed by atoms with van der Waals surface area (Å²) in [5.74, 6) is -1.69. The molecule has 19 heavy (non-hydrogen) atoms. The van der Waals surface area contributed by atoms with Crippen LogP contribution in [0.25, 0.3) is 0 Å². The van der Waals surface area contributed by atoms with Crippen molar-refractivity contribution in [3.63, 3.8) is 0 Å². The average Bonchev–Trinajstić information content (AvgIpc) is 2.33. The maximum Gasteiger partial charge on any atom is 0.259 e. The Morgan fingerprint density at radius 3 is 2.84 bits per heavy atom. The van der Waals surface area contributed by atoms with Gasteiger partial charge in [-0.15, -0.1) is 0 Å². The van der Waals surface area contributed by atoms with Crippen molar-refractivity contribution in [3.8, 4) is 5.75 Å². The standard InChI is InChI=1S/C12H7BrClFN2O2/c13-6-3-9(11(14)16-5-6)17-12(19)8-2-1-7(15)4-10(8)18/h1-5,18H,(H,17,19). The van der Waals surface area contributed by atoms with Gasteiger partial charge in [-0.05, 0) is 34.1 Å². The van der Waals surface area contributed by atoms with Crippen LogP contribution in [-0.4, -0.2) is 16.0 Å². The molecule has 0 fully saturated rings. The molecule has 0 atom stereocenters. The Bertz CT molecular complexity index is 652. The van der Waals surface area contributed by atoms with Crippen molar-refractivity contribution in [2.75, 3.05) is 5.32 Å². The molecular formula is C12H7BrClFN2O2. The summed E-state index contributed by atoms with van der Waals surface area (Å²) < 4.78 is 13.5. The normalized spacial score (nSPS) is 10.3. The van der Waals surface area contributed by atoms with Crippen LogP contribution in [0.2, 0.25) is 5.15 Å². The van der Waals surface area contributed by atoms with Gasteiger partial charge in [0.2, 0.25) is 0 Å². The molecule has 0 aliphatic carbocycles. The van der Waals surface area contributed by atoms with E-state index < -0.39 is 17.5 Å². The molecule has 0 saturated heterocycles. The van der Waals surface area contributed by atoms with Gasteiger partial charge in [0.1, 0.15) is 11.6 Å². The summed E-state index contributed by atoms with van der Waals surface area (Å²) in [6, 6.07) is 4.68. The van der Waals surface area contributed by atoms with E-state index in [2.05, 4.69) is 26.2 Å². The van der Waals surface area contributed by atoms with Gasteiger partial charge in [-0.25, -0.2) is 9.37 Å². The van der Waals surface area contributed by atoms with Gasteiger partial charge < -0.3 is 10.4 Å². The molecule has 1 aromatic carbocycles. The Morgan fingerprint density at radius 2 is 2.16 bits per heavy atom. The van der Waals surface area contributed by atoms with Crippen molar-refractivity contribution in [3.05, 3.63) is 51.5 Å². The summed E-state index contributed by atoms with van der Waals surface area (Å²) in [6.45, 7) is 0. The number of amides is 1. The lowest BCUT2D eigenvalue weighted by molar-refractivity contribution is 0.102. The number of anilines is 1. The van der Waals surface area contributed by atoms with Crippen LogP contribution < -0.4 is 5.32 Å². The maximum atomic E-state index is 12.8. The summed E-state index contributed by atoms with van der Waals surface area (Å²) in [4.78, 5) is 15.8. The molecule has 0 radical (unpaired) electrons. The minimum absolute atomic E-state index is 0.0579. The van der Waals surface area contributed by atoms with Crippen LogP contribution in [0.3, 0.4) is 0 Å². The van der Waals surface area contributed by atoms with Gasteiger partial charge in [0.05, 0.1) is 11.3 Å². The van der Waals surface area contributed by atoms with Crippen LogP contribution in [0.4, 0.5) is 10.1 Å². The average molecular weight is 346 g/mol. The van der Waals surface area contributed by atoms with Crippen LogP contribution >= 0.6 is 27.5 Å². The SMILES string of the molecule is O=C(Nc1cc(Br)cnc1Cl)c1ccc(F)cc1O. The van der Waals surface area contributed by atoms with E-state index >= 15 is 0 Å². The van der Waals surface area contributed by atoms with Gasteiger partial charge in [0.15, 0.2) is 5.15 Å². The zero-order valence-corrected chi connectivity index (χ0v) is 11.7. The van der Waals surface area contributed by atoms with Gasteiger partial charge in [0, 0.05) is 16.7 Å². The molecular weight excluding hydrogens is 338 g/mol. The Hall–Kier alpha value is -1.66. The lowest BCUT2D eigenvalue weighted by Gasteiger charge is -2.08. The van der Waals surface area contributed by atoms with E-state index in [0.29, 0.717) is 4.47 Å². The molecule has 0 aliphatic heterocycles. The Balaban J connectivity index is 2.28. The molecule has 4 nitrogen and oxygen atoms in total. The first-order valence-corrected chi connectivity index (χ1v) is 6.25. The van der Waals surface area contributed by atoms with Gasteiger partial charge >= 0.3 is 0 Å². The number of aromatic hydroxyl groups is 1. The van der Waals surface area contributed by atoms with Crippen molar-refractivity contribution in [1.29, 1.82) is 0 Å². The second-order valence-corrected chi connectivity index (χ2v) is 4.88. The predicted octanol–water partition coefficient (Wildman–Crippen LogP) is 3.59. The maximum absolute atomic E-state index is 12.8. The number of phenolic OH excluding ortho intramolecular Hbond substituents is 1. The molecule has 2 N–H and O–H groups in total. The number of aromatic nitrogens is 1. The highest BCUT2D eigenvalue weighted by Gasteiger charge is 2.14. The Morgan fingerprint density at radius 1 is 1.42 bits per heavy atom. The lowest BCUT2D eigenvalue weighted by Crippen LogP contribution is -2.12. The van der Waals surface area contributed by atoms with Crippen molar-refractivity contribution in [2.45, 2.75) is 0 Å². The number of hydrogen-bond donors (Lipinski definition) is 2. The molecule has 0 bridgehead atoms. The molecule has 0 aliphatic rings. The van der Waals surface area contributed by atoms with E-state index in [-0.39, 0.29) is 16.4 Å². The summed E-state index contributed by atoms with van der Waals surface area (Å²) in [7, 11) is 0. The first-order valence-electron chi connectivity index (χ1n) is 5.08. The number of carbonyl (C=O) groups is 1.